The molecule has 0 amide bonds. The minimum atomic E-state index is -0.962. The van der Waals surface area contributed by atoms with Gasteiger partial charge in [0.15, 0.2) is 5.65 Å². The standard InChI is InChI=1S/C21H26FN7O/c1-21(2)7-12(8-21)19-17(30-3)6-18-25-11-16(29(18)28-19)14-4-5-24-20(26-14)27-15-10-23-9-13(15)22/h4-6,11-13,15,23H,7-10H2,1-3H3,(H,24,26,27)/t13-,15-/m0/s1. The summed E-state index contributed by atoms with van der Waals surface area (Å²) < 4.78 is 21.3. The van der Waals surface area contributed by atoms with Crippen LogP contribution in [0.5, 0.6) is 5.75 Å². The van der Waals surface area contributed by atoms with E-state index in [-0.39, 0.29) is 6.04 Å². The number of nitrogens with zero attached hydrogens (tertiary/aromatic N) is 5. The maximum atomic E-state index is 13.9. The first-order valence-electron chi connectivity index (χ1n) is 10.3. The Kier molecular flexibility index (Phi) is 4.57. The molecule has 0 radical (unpaired) electrons. The van der Waals surface area contributed by atoms with Crippen molar-refractivity contribution in [1.82, 2.24) is 29.9 Å². The molecule has 1 aliphatic heterocycles. The molecule has 1 aliphatic carbocycles. The molecule has 4 heterocycles. The second kappa shape index (κ2) is 7.16. The molecule has 3 aromatic heterocycles. The van der Waals surface area contributed by atoms with Crippen molar-refractivity contribution in [3.8, 4) is 17.1 Å². The van der Waals surface area contributed by atoms with Crippen molar-refractivity contribution in [1.29, 1.82) is 0 Å². The SMILES string of the molecule is COc1cc2ncc(-c3ccnc(N[C@H]4CNC[C@@H]4F)n3)n2nc1C1CC(C)(C)C1. The van der Waals surface area contributed by atoms with Crippen LogP contribution in [-0.4, -0.2) is 57.0 Å². The third-order valence-electron chi connectivity index (χ3n) is 6.06. The number of aromatic nitrogens is 5. The lowest BCUT2D eigenvalue weighted by atomic mass is 9.63. The van der Waals surface area contributed by atoms with Gasteiger partial charge in [0, 0.05) is 31.3 Å². The highest BCUT2D eigenvalue weighted by atomic mass is 19.1. The summed E-state index contributed by atoms with van der Waals surface area (Å²) in [6, 6.07) is 3.40. The number of hydrogen-bond donors (Lipinski definition) is 2. The third kappa shape index (κ3) is 3.36. The normalized spacial score (nSPS) is 23.5. The minimum absolute atomic E-state index is 0.334. The summed E-state index contributed by atoms with van der Waals surface area (Å²) in [7, 11) is 1.67. The maximum absolute atomic E-state index is 13.9. The molecule has 3 aromatic rings. The van der Waals surface area contributed by atoms with Gasteiger partial charge in [-0.2, -0.15) is 5.10 Å². The van der Waals surface area contributed by atoms with Crippen molar-refractivity contribution in [3.05, 3.63) is 30.2 Å². The average molecular weight is 411 g/mol. The number of hydrogen-bond acceptors (Lipinski definition) is 7. The monoisotopic (exact) mass is 411 g/mol. The number of anilines is 1. The molecule has 0 unspecified atom stereocenters. The first kappa shape index (κ1) is 19.2. The summed E-state index contributed by atoms with van der Waals surface area (Å²) in [6.45, 7) is 5.44. The molecule has 30 heavy (non-hydrogen) atoms. The van der Waals surface area contributed by atoms with Gasteiger partial charge in [-0.1, -0.05) is 13.8 Å². The van der Waals surface area contributed by atoms with Crippen molar-refractivity contribution in [2.75, 3.05) is 25.5 Å². The third-order valence-corrected chi connectivity index (χ3v) is 6.06. The summed E-state index contributed by atoms with van der Waals surface area (Å²) >= 11 is 0. The van der Waals surface area contributed by atoms with E-state index in [4.69, 9.17) is 9.84 Å². The van der Waals surface area contributed by atoms with E-state index >= 15 is 0 Å². The summed E-state index contributed by atoms with van der Waals surface area (Å²) in [5.74, 6) is 1.54. The number of imidazole rings is 1. The molecular weight excluding hydrogens is 385 g/mol. The van der Waals surface area contributed by atoms with Gasteiger partial charge in [-0.05, 0) is 24.3 Å². The number of ether oxygens (including phenoxy) is 1. The van der Waals surface area contributed by atoms with E-state index in [1.54, 1.807) is 19.5 Å². The lowest BCUT2D eigenvalue weighted by molar-refractivity contribution is 0.145. The molecular formula is C21H26FN7O. The summed E-state index contributed by atoms with van der Waals surface area (Å²) in [5.41, 5.74) is 3.42. The molecule has 2 atom stereocenters. The van der Waals surface area contributed by atoms with Crippen LogP contribution in [0.4, 0.5) is 10.3 Å². The number of methoxy groups -OCH3 is 1. The van der Waals surface area contributed by atoms with Gasteiger partial charge in [0.1, 0.15) is 23.3 Å². The smallest absolute Gasteiger partial charge is 0.223 e. The molecule has 158 valence electrons. The Bertz CT molecular complexity index is 1070. The number of alkyl halides is 1. The van der Waals surface area contributed by atoms with Crippen molar-refractivity contribution in [3.63, 3.8) is 0 Å². The topological polar surface area (TPSA) is 89.3 Å². The number of nitrogens with one attached hydrogen (secondary N) is 2. The van der Waals surface area contributed by atoms with Gasteiger partial charge in [0.05, 0.1) is 25.0 Å². The molecule has 9 heteroatoms. The van der Waals surface area contributed by atoms with Crippen LogP contribution in [0, 0.1) is 5.41 Å². The quantitative estimate of drug-likeness (QED) is 0.667. The second-order valence-corrected chi connectivity index (χ2v) is 8.97. The highest BCUT2D eigenvalue weighted by Crippen LogP contribution is 2.51. The molecule has 5 rings (SSSR count). The van der Waals surface area contributed by atoms with Crippen molar-refractivity contribution in [2.45, 2.75) is 44.8 Å². The number of halogens is 1. The van der Waals surface area contributed by atoms with E-state index in [2.05, 4.69) is 39.4 Å². The minimum Gasteiger partial charge on any atom is -0.495 e. The van der Waals surface area contributed by atoms with Crippen molar-refractivity contribution in [2.24, 2.45) is 5.41 Å². The van der Waals surface area contributed by atoms with Crippen LogP contribution in [0.15, 0.2) is 24.5 Å². The molecule has 2 aliphatic rings. The first-order valence-corrected chi connectivity index (χ1v) is 10.3. The van der Waals surface area contributed by atoms with Gasteiger partial charge < -0.3 is 15.4 Å². The first-order chi connectivity index (χ1) is 14.4. The molecule has 8 nitrogen and oxygen atoms in total. The average Bonchev–Trinajstić information content (AvgIpc) is 3.31. The van der Waals surface area contributed by atoms with Gasteiger partial charge in [0.25, 0.3) is 0 Å². The fraction of sp³-hybridized carbons (Fsp3) is 0.524. The fourth-order valence-electron chi connectivity index (χ4n) is 4.53. The molecule has 0 spiro atoms. The van der Waals surface area contributed by atoms with Gasteiger partial charge in [-0.15, -0.1) is 0 Å². The van der Waals surface area contributed by atoms with Gasteiger partial charge in [-0.25, -0.2) is 23.9 Å². The van der Waals surface area contributed by atoms with Crippen LogP contribution in [0.25, 0.3) is 17.0 Å². The number of rotatable bonds is 5. The van der Waals surface area contributed by atoms with E-state index < -0.39 is 6.17 Å². The zero-order valence-electron chi connectivity index (χ0n) is 17.4. The Labute approximate surface area is 174 Å². The Balaban J connectivity index is 1.49. The lowest BCUT2D eigenvalue weighted by Crippen LogP contribution is -2.31. The Morgan fingerprint density at radius 1 is 1.27 bits per heavy atom. The van der Waals surface area contributed by atoms with Gasteiger partial charge in [-0.3, -0.25) is 0 Å². The van der Waals surface area contributed by atoms with Gasteiger partial charge >= 0.3 is 0 Å². The highest BCUT2D eigenvalue weighted by molar-refractivity contribution is 5.61. The van der Waals surface area contributed by atoms with Crippen LogP contribution < -0.4 is 15.4 Å². The summed E-state index contributed by atoms with van der Waals surface area (Å²) in [5, 5.41) is 11.0. The van der Waals surface area contributed by atoms with Crippen LogP contribution in [0.1, 0.15) is 38.3 Å². The molecule has 2 fully saturated rings. The maximum Gasteiger partial charge on any atom is 0.223 e. The largest absolute Gasteiger partial charge is 0.495 e. The second-order valence-electron chi connectivity index (χ2n) is 8.97. The van der Waals surface area contributed by atoms with Crippen LogP contribution in [-0.2, 0) is 0 Å². The Morgan fingerprint density at radius 3 is 2.80 bits per heavy atom. The summed E-state index contributed by atoms with van der Waals surface area (Å²) in [4.78, 5) is 13.3. The summed E-state index contributed by atoms with van der Waals surface area (Å²) in [6.07, 6.45) is 4.60. The van der Waals surface area contributed by atoms with Crippen molar-refractivity contribution < 1.29 is 9.13 Å². The Hall–Kier alpha value is -2.81. The van der Waals surface area contributed by atoms with E-state index in [9.17, 15) is 4.39 Å². The van der Waals surface area contributed by atoms with Gasteiger partial charge in [0.2, 0.25) is 5.95 Å². The highest BCUT2D eigenvalue weighted by Gasteiger charge is 2.39. The number of fused-ring (bicyclic) bond motifs is 1. The Morgan fingerprint density at radius 2 is 2.10 bits per heavy atom. The van der Waals surface area contributed by atoms with Crippen LogP contribution in [0.3, 0.4) is 0 Å². The predicted octanol–water partition coefficient (Wildman–Crippen LogP) is 2.82. The predicted molar refractivity (Wildman–Crippen MR) is 111 cm³/mol. The zero-order chi connectivity index (χ0) is 20.9. The lowest BCUT2D eigenvalue weighted by Gasteiger charge is -2.42. The molecule has 2 N–H and O–H groups in total. The van der Waals surface area contributed by atoms with E-state index in [1.807, 2.05) is 16.6 Å². The zero-order valence-corrected chi connectivity index (χ0v) is 17.4. The van der Waals surface area contributed by atoms with E-state index in [0.29, 0.717) is 41.7 Å². The molecule has 1 saturated heterocycles. The fourth-order valence-corrected chi connectivity index (χ4v) is 4.53. The molecule has 0 aromatic carbocycles. The van der Waals surface area contributed by atoms with Crippen molar-refractivity contribution >= 4 is 11.6 Å². The van der Waals surface area contributed by atoms with Crippen LogP contribution >= 0.6 is 0 Å². The molecule has 1 saturated carbocycles. The van der Waals surface area contributed by atoms with E-state index in [0.717, 1.165) is 30.0 Å². The van der Waals surface area contributed by atoms with E-state index in [1.165, 1.54) is 0 Å². The van der Waals surface area contributed by atoms with Crippen LogP contribution in [0.2, 0.25) is 0 Å². The molecule has 0 bridgehead atoms.